The molecule has 0 N–H and O–H groups in total. The maximum atomic E-state index is 6.10. The summed E-state index contributed by atoms with van der Waals surface area (Å²) in [5.74, 6) is 0.473. The number of anilines is 1. The van der Waals surface area contributed by atoms with E-state index in [9.17, 15) is 0 Å². The predicted octanol–water partition coefficient (Wildman–Crippen LogP) is 2.97. The molecule has 1 aromatic rings. The highest BCUT2D eigenvalue weighted by molar-refractivity contribution is 6.48. The minimum atomic E-state index is -0.217. The first-order chi connectivity index (χ1) is 8.89. The quantitative estimate of drug-likeness (QED) is 0.762. The third-order valence-corrected chi connectivity index (χ3v) is 4.69. The summed E-state index contributed by atoms with van der Waals surface area (Å²) in [7, 11) is -0.0648. The SMILES string of the molecule is CC1(C)OB(C2CN(c3ccccc3)C2)OC1(C)C. The Bertz CT molecular complexity index is 438. The molecule has 0 saturated carbocycles. The van der Waals surface area contributed by atoms with Gasteiger partial charge in [0.25, 0.3) is 0 Å². The Morgan fingerprint density at radius 2 is 1.53 bits per heavy atom. The second-order valence-corrected chi connectivity index (χ2v) is 6.63. The molecule has 2 heterocycles. The van der Waals surface area contributed by atoms with E-state index in [1.807, 2.05) is 0 Å². The lowest BCUT2D eigenvalue weighted by atomic mass is 9.67. The zero-order chi connectivity index (χ0) is 13.7. The smallest absolute Gasteiger partial charge is 0.403 e. The zero-order valence-corrected chi connectivity index (χ0v) is 12.2. The van der Waals surface area contributed by atoms with Crippen LogP contribution in [0.25, 0.3) is 0 Å². The maximum absolute atomic E-state index is 6.10. The summed E-state index contributed by atoms with van der Waals surface area (Å²) in [5.41, 5.74) is 0.852. The van der Waals surface area contributed by atoms with Crippen LogP contribution in [-0.4, -0.2) is 31.4 Å². The maximum Gasteiger partial charge on any atom is 0.464 e. The topological polar surface area (TPSA) is 21.7 Å². The minimum absolute atomic E-state index is 0.0648. The molecule has 19 heavy (non-hydrogen) atoms. The van der Waals surface area contributed by atoms with Crippen molar-refractivity contribution in [1.82, 2.24) is 0 Å². The van der Waals surface area contributed by atoms with Crippen LogP contribution in [0.15, 0.2) is 30.3 Å². The van der Waals surface area contributed by atoms with Crippen LogP contribution in [0.5, 0.6) is 0 Å². The Labute approximate surface area is 116 Å². The van der Waals surface area contributed by atoms with Gasteiger partial charge < -0.3 is 14.2 Å². The minimum Gasteiger partial charge on any atom is -0.403 e. The van der Waals surface area contributed by atoms with Gasteiger partial charge in [0.15, 0.2) is 0 Å². The van der Waals surface area contributed by atoms with Crippen LogP contribution in [0, 0.1) is 0 Å². The predicted molar refractivity (Wildman–Crippen MR) is 78.5 cm³/mol. The van der Waals surface area contributed by atoms with E-state index in [4.69, 9.17) is 9.31 Å². The normalized spacial score (nSPS) is 25.5. The number of benzene rings is 1. The monoisotopic (exact) mass is 259 g/mol. The van der Waals surface area contributed by atoms with Gasteiger partial charge in [0, 0.05) is 24.6 Å². The fourth-order valence-corrected chi connectivity index (χ4v) is 2.62. The standard InChI is InChI=1S/C15H22BNO2/c1-14(2)15(3,4)19-16(18-14)12-10-17(11-12)13-8-6-5-7-9-13/h5-9,12H,10-11H2,1-4H3. The average molecular weight is 259 g/mol. The third kappa shape index (κ3) is 2.17. The highest BCUT2D eigenvalue weighted by Crippen LogP contribution is 2.42. The molecule has 0 unspecified atom stereocenters. The van der Waals surface area contributed by atoms with Gasteiger partial charge in [-0.25, -0.2) is 0 Å². The first-order valence-corrected chi connectivity index (χ1v) is 7.05. The Kier molecular flexibility index (Phi) is 2.91. The van der Waals surface area contributed by atoms with Gasteiger partial charge in [-0.2, -0.15) is 0 Å². The Hall–Kier alpha value is -0.995. The van der Waals surface area contributed by atoms with Crippen LogP contribution in [0.3, 0.4) is 0 Å². The van der Waals surface area contributed by atoms with Crippen LogP contribution in [-0.2, 0) is 9.31 Å². The molecule has 0 amide bonds. The van der Waals surface area contributed by atoms with Gasteiger partial charge >= 0.3 is 7.12 Å². The van der Waals surface area contributed by atoms with Crippen LogP contribution in [0.2, 0.25) is 5.82 Å². The van der Waals surface area contributed by atoms with Crippen molar-refractivity contribution < 1.29 is 9.31 Å². The van der Waals surface area contributed by atoms with E-state index in [1.165, 1.54) is 5.69 Å². The molecule has 2 saturated heterocycles. The van der Waals surface area contributed by atoms with Gasteiger partial charge in [-0.15, -0.1) is 0 Å². The highest BCUT2D eigenvalue weighted by atomic mass is 16.7. The summed E-state index contributed by atoms with van der Waals surface area (Å²) in [6, 6.07) is 10.5. The highest BCUT2D eigenvalue weighted by Gasteiger charge is 2.55. The van der Waals surface area contributed by atoms with E-state index in [1.54, 1.807) is 0 Å². The summed E-state index contributed by atoms with van der Waals surface area (Å²) in [6.07, 6.45) is 0. The van der Waals surface area contributed by atoms with Crippen molar-refractivity contribution in [1.29, 1.82) is 0 Å². The molecule has 3 rings (SSSR count). The van der Waals surface area contributed by atoms with Crippen molar-refractivity contribution in [3.05, 3.63) is 30.3 Å². The van der Waals surface area contributed by atoms with Crippen molar-refractivity contribution in [3.8, 4) is 0 Å². The van der Waals surface area contributed by atoms with Crippen molar-refractivity contribution in [2.45, 2.75) is 44.7 Å². The Morgan fingerprint density at radius 3 is 2.05 bits per heavy atom. The number of para-hydroxylation sites is 1. The Morgan fingerprint density at radius 1 is 1.00 bits per heavy atom. The molecule has 2 aliphatic rings. The zero-order valence-electron chi connectivity index (χ0n) is 12.2. The molecule has 4 heteroatoms. The lowest BCUT2D eigenvalue weighted by Crippen LogP contribution is -2.50. The van der Waals surface area contributed by atoms with Crippen molar-refractivity contribution in [3.63, 3.8) is 0 Å². The summed E-state index contributed by atoms with van der Waals surface area (Å²) >= 11 is 0. The van der Waals surface area contributed by atoms with Crippen molar-refractivity contribution in [2.75, 3.05) is 18.0 Å². The molecule has 0 atom stereocenters. The molecule has 0 radical (unpaired) electrons. The number of hydrogen-bond donors (Lipinski definition) is 0. The summed E-state index contributed by atoms with van der Waals surface area (Å²) in [5, 5.41) is 0. The second kappa shape index (κ2) is 4.25. The second-order valence-electron chi connectivity index (χ2n) is 6.63. The molecule has 2 fully saturated rings. The molecule has 1 aromatic carbocycles. The molecule has 0 bridgehead atoms. The van der Waals surface area contributed by atoms with E-state index in [0.717, 1.165) is 13.1 Å². The van der Waals surface area contributed by atoms with Gasteiger partial charge in [-0.1, -0.05) is 18.2 Å². The Balaban J connectivity index is 1.61. The molecular weight excluding hydrogens is 237 g/mol. The molecule has 102 valence electrons. The van der Waals surface area contributed by atoms with E-state index in [-0.39, 0.29) is 18.3 Å². The molecule has 0 spiro atoms. The molecule has 3 nitrogen and oxygen atoms in total. The summed E-state index contributed by atoms with van der Waals surface area (Å²) in [6.45, 7) is 10.5. The van der Waals surface area contributed by atoms with Gasteiger partial charge in [-0.3, -0.25) is 0 Å². The van der Waals surface area contributed by atoms with E-state index >= 15 is 0 Å². The third-order valence-electron chi connectivity index (χ3n) is 4.69. The van der Waals surface area contributed by atoms with Gasteiger partial charge in [0.2, 0.25) is 0 Å². The average Bonchev–Trinajstić information content (AvgIpc) is 2.47. The first-order valence-electron chi connectivity index (χ1n) is 7.05. The van der Waals surface area contributed by atoms with Gasteiger partial charge in [-0.05, 0) is 39.8 Å². The largest absolute Gasteiger partial charge is 0.464 e. The fraction of sp³-hybridized carbons (Fsp3) is 0.600. The first kappa shape index (κ1) is 13.0. The lowest BCUT2D eigenvalue weighted by Gasteiger charge is -2.41. The number of nitrogens with zero attached hydrogens (tertiary/aromatic N) is 1. The number of hydrogen-bond acceptors (Lipinski definition) is 3. The number of rotatable bonds is 2. The van der Waals surface area contributed by atoms with E-state index in [2.05, 4.69) is 62.9 Å². The van der Waals surface area contributed by atoms with Crippen LogP contribution in [0.4, 0.5) is 5.69 Å². The van der Waals surface area contributed by atoms with Crippen molar-refractivity contribution >= 4 is 12.8 Å². The van der Waals surface area contributed by atoms with Crippen molar-refractivity contribution in [2.24, 2.45) is 0 Å². The van der Waals surface area contributed by atoms with Gasteiger partial charge in [0.1, 0.15) is 0 Å². The van der Waals surface area contributed by atoms with Crippen LogP contribution in [0.1, 0.15) is 27.7 Å². The molecule has 0 aliphatic carbocycles. The van der Waals surface area contributed by atoms with E-state index < -0.39 is 0 Å². The fourth-order valence-electron chi connectivity index (χ4n) is 2.62. The van der Waals surface area contributed by atoms with Gasteiger partial charge in [0.05, 0.1) is 11.2 Å². The molecule has 2 aliphatic heterocycles. The summed E-state index contributed by atoms with van der Waals surface area (Å²) < 4.78 is 12.2. The van der Waals surface area contributed by atoms with Crippen LogP contribution < -0.4 is 4.90 Å². The molecule has 0 aromatic heterocycles. The molecular formula is C15H22BNO2. The summed E-state index contributed by atoms with van der Waals surface area (Å²) in [4.78, 5) is 2.37. The lowest BCUT2D eigenvalue weighted by molar-refractivity contribution is 0.00578. The van der Waals surface area contributed by atoms with Crippen LogP contribution >= 0.6 is 0 Å². The van der Waals surface area contributed by atoms with E-state index in [0.29, 0.717) is 5.82 Å².